The standard InChI is InChI=1S/C23H23N5O/c1-16-15-18-21(24-16)26-23(28-13-7-8-14-28)27-22(18)25-19-11-5-6-12-20(19)29-17-9-3-2-4-10-17/h2-6,9-12,15H,7-8,13-14H2,1H3,(H2,24,25,26,27). The van der Waals surface area contributed by atoms with E-state index in [0.717, 1.165) is 58.8 Å². The molecule has 1 saturated heterocycles. The summed E-state index contributed by atoms with van der Waals surface area (Å²) in [4.78, 5) is 15.2. The van der Waals surface area contributed by atoms with Gasteiger partial charge in [-0.25, -0.2) is 0 Å². The molecule has 0 bridgehead atoms. The molecule has 2 N–H and O–H groups in total. The van der Waals surface area contributed by atoms with Crippen LogP contribution in [-0.2, 0) is 0 Å². The van der Waals surface area contributed by atoms with Crippen molar-refractivity contribution in [3.8, 4) is 11.5 Å². The van der Waals surface area contributed by atoms with Gasteiger partial charge in [0.2, 0.25) is 5.95 Å². The molecule has 1 aliphatic heterocycles. The van der Waals surface area contributed by atoms with Crippen LogP contribution in [0.25, 0.3) is 11.0 Å². The molecule has 1 fully saturated rings. The number of ether oxygens (including phenoxy) is 1. The first kappa shape index (κ1) is 17.6. The Bertz CT molecular complexity index is 1130. The topological polar surface area (TPSA) is 66.1 Å². The van der Waals surface area contributed by atoms with E-state index in [4.69, 9.17) is 14.7 Å². The third-order valence-corrected chi connectivity index (χ3v) is 5.11. The number of nitrogens with zero attached hydrogens (tertiary/aromatic N) is 3. The van der Waals surface area contributed by atoms with E-state index in [-0.39, 0.29) is 0 Å². The van der Waals surface area contributed by atoms with Gasteiger partial charge >= 0.3 is 0 Å². The molecule has 0 atom stereocenters. The van der Waals surface area contributed by atoms with Crippen LogP contribution in [0.3, 0.4) is 0 Å². The Morgan fingerprint density at radius 3 is 2.55 bits per heavy atom. The molecule has 6 heteroatoms. The van der Waals surface area contributed by atoms with Crippen LogP contribution in [0.15, 0.2) is 60.7 Å². The quantitative estimate of drug-likeness (QED) is 0.481. The van der Waals surface area contributed by atoms with Crippen molar-refractivity contribution in [1.82, 2.24) is 15.0 Å². The zero-order valence-corrected chi connectivity index (χ0v) is 16.4. The molecule has 0 spiro atoms. The summed E-state index contributed by atoms with van der Waals surface area (Å²) in [5, 5.41) is 4.46. The number of fused-ring (bicyclic) bond motifs is 1. The molecule has 1 aliphatic rings. The third-order valence-electron chi connectivity index (χ3n) is 5.11. The minimum absolute atomic E-state index is 0.750. The highest BCUT2D eigenvalue weighted by Gasteiger charge is 2.19. The minimum atomic E-state index is 0.750. The van der Waals surface area contributed by atoms with Gasteiger partial charge in [-0.15, -0.1) is 0 Å². The largest absolute Gasteiger partial charge is 0.455 e. The van der Waals surface area contributed by atoms with Gasteiger partial charge in [-0.2, -0.15) is 9.97 Å². The van der Waals surface area contributed by atoms with Gasteiger partial charge in [-0.1, -0.05) is 30.3 Å². The summed E-state index contributed by atoms with van der Waals surface area (Å²) in [5.41, 5.74) is 2.77. The van der Waals surface area contributed by atoms with E-state index >= 15 is 0 Å². The predicted molar refractivity (Wildman–Crippen MR) is 116 cm³/mol. The molecule has 0 aliphatic carbocycles. The van der Waals surface area contributed by atoms with E-state index in [1.165, 1.54) is 12.8 Å². The fourth-order valence-electron chi connectivity index (χ4n) is 3.68. The van der Waals surface area contributed by atoms with Crippen LogP contribution in [0, 0.1) is 6.92 Å². The Hall–Kier alpha value is -3.54. The maximum atomic E-state index is 6.10. The van der Waals surface area contributed by atoms with Gasteiger partial charge < -0.3 is 19.9 Å². The number of rotatable bonds is 5. The lowest BCUT2D eigenvalue weighted by Crippen LogP contribution is -2.20. The van der Waals surface area contributed by atoms with Crippen LogP contribution >= 0.6 is 0 Å². The summed E-state index contributed by atoms with van der Waals surface area (Å²) < 4.78 is 6.10. The monoisotopic (exact) mass is 385 g/mol. The predicted octanol–water partition coefficient (Wildman–Crippen LogP) is 5.40. The summed E-state index contributed by atoms with van der Waals surface area (Å²) in [6.07, 6.45) is 2.36. The Balaban J connectivity index is 1.53. The molecule has 4 aromatic rings. The second-order valence-electron chi connectivity index (χ2n) is 7.32. The van der Waals surface area contributed by atoms with E-state index in [1.807, 2.05) is 61.5 Å². The van der Waals surface area contributed by atoms with Gasteiger partial charge in [-0.3, -0.25) is 0 Å². The van der Waals surface area contributed by atoms with Crippen molar-refractivity contribution in [2.75, 3.05) is 23.3 Å². The number of aromatic nitrogens is 3. The molecule has 6 nitrogen and oxygen atoms in total. The summed E-state index contributed by atoms with van der Waals surface area (Å²) in [6.45, 7) is 4.03. The lowest BCUT2D eigenvalue weighted by molar-refractivity contribution is 0.485. The number of aromatic amines is 1. The van der Waals surface area contributed by atoms with Crippen molar-refractivity contribution < 1.29 is 4.74 Å². The number of H-pyrrole nitrogens is 1. The van der Waals surface area contributed by atoms with Gasteiger partial charge in [-0.05, 0) is 50.1 Å². The van der Waals surface area contributed by atoms with Crippen molar-refractivity contribution >= 4 is 28.5 Å². The first-order valence-corrected chi connectivity index (χ1v) is 9.97. The number of para-hydroxylation sites is 3. The highest BCUT2D eigenvalue weighted by molar-refractivity contribution is 5.91. The molecule has 0 radical (unpaired) electrons. The van der Waals surface area contributed by atoms with Crippen LogP contribution in [0.4, 0.5) is 17.5 Å². The zero-order chi connectivity index (χ0) is 19.6. The minimum Gasteiger partial charge on any atom is -0.455 e. The maximum absolute atomic E-state index is 6.10. The van der Waals surface area contributed by atoms with Crippen molar-refractivity contribution in [3.05, 3.63) is 66.4 Å². The zero-order valence-electron chi connectivity index (χ0n) is 16.4. The molecule has 3 heterocycles. The SMILES string of the molecule is Cc1cc2c(Nc3ccccc3Oc3ccccc3)nc(N3CCCC3)nc2[nH]1. The van der Waals surface area contributed by atoms with Crippen LogP contribution in [-0.4, -0.2) is 28.0 Å². The van der Waals surface area contributed by atoms with Crippen LogP contribution in [0.1, 0.15) is 18.5 Å². The molecular weight excluding hydrogens is 362 g/mol. The highest BCUT2D eigenvalue weighted by Crippen LogP contribution is 2.34. The van der Waals surface area contributed by atoms with Crippen molar-refractivity contribution in [1.29, 1.82) is 0 Å². The Labute approximate surface area is 169 Å². The van der Waals surface area contributed by atoms with Gasteiger partial charge in [0.05, 0.1) is 11.1 Å². The Kier molecular flexibility index (Phi) is 4.52. The summed E-state index contributed by atoms with van der Waals surface area (Å²) in [6, 6.07) is 19.8. The second-order valence-corrected chi connectivity index (χ2v) is 7.32. The Morgan fingerprint density at radius 1 is 0.966 bits per heavy atom. The molecule has 0 amide bonds. The third kappa shape index (κ3) is 3.61. The molecule has 5 rings (SSSR count). The van der Waals surface area contributed by atoms with Crippen molar-refractivity contribution in [2.24, 2.45) is 0 Å². The first-order valence-electron chi connectivity index (χ1n) is 9.97. The summed E-state index contributed by atoms with van der Waals surface area (Å²) >= 11 is 0. The number of aryl methyl sites for hydroxylation is 1. The highest BCUT2D eigenvalue weighted by atomic mass is 16.5. The van der Waals surface area contributed by atoms with E-state index in [1.54, 1.807) is 0 Å². The molecule has 2 aromatic carbocycles. The first-order chi connectivity index (χ1) is 14.3. The molecular formula is C23H23N5O. The van der Waals surface area contributed by atoms with Gasteiger partial charge in [0, 0.05) is 18.8 Å². The van der Waals surface area contributed by atoms with E-state index < -0.39 is 0 Å². The molecule has 29 heavy (non-hydrogen) atoms. The van der Waals surface area contributed by atoms with Crippen molar-refractivity contribution in [2.45, 2.75) is 19.8 Å². The lowest BCUT2D eigenvalue weighted by Gasteiger charge is -2.17. The summed E-state index contributed by atoms with van der Waals surface area (Å²) in [7, 11) is 0. The average Bonchev–Trinajstić information content (AvgIpc) is 3.39. The van der Waals surface area contributed by atoms with E-state index in [0.29, 0.717) is 0 Å². The normalized spacial score (nSPS) is 13.8. The van der Waals surface area contributed by atoms with E-state index in [2.05, 4.69) is 21.3 Å². The second kappa shape index (κ2) is 7.47. The molecule has 0 saturated carbocycles. The van der Waals surface area contributed by atoms with Crippen molar-refractivity contribution in [3.63, 3.8) is 0 Å². The summed E-state index contributed by atoms with van der Waals surface area (Å²) in [5.74, 6) is 3.09. The fourth-order valence-corrected chi connectivity index (χ4v) is 3.68. The number of nitrogens with one attached hydrogen (secondary N) is 2. The smallest absolute Gasteiger partial charge is 0.229 e. The molecule has 146 valence electrons. The Morgan fingerprint density at radius 2 is 1.72 bits per heavy atom. The van der Waals surface area contributed by atoms with Crippen LogP contribution in [0.2, 0.25) is 0 Å². The fraction of sp³-hybridized carbons (Fsp3) is 0.217. The lowest BCUT2D eigenvalue weighted by atomic mass is 10.2. The van der Waals surface area contributed by atoms with Crippen LogP contribution in [0.5, 0.6) is 11.5 Å². The van der Waals surface area contributed by atoms with Gasteiger partial charge in [0.25, 0.3) is 0 Å². The van der Waals surface area contributed by atoms with E-state index in [9.17, 15) is 0 Å². The maximum Gasteiger partial charge on any atom is 0.229 e. The van der Waals surface area contributed by atoms with Gasteiger partial charge in [0.15, 0.2) is 5.75 Å². The molecule has 0 unspecified atom stereocenters. The number of anilines is 3. The number of benzene rings is 2. The average molecular weight is 385 g/mol. The number of hydrogen-bond acceptors (Lipinski definition) is 5. The molecule has 2 aromatic heterocycles. The number of hydrogen-bond donors (Lipinski definition) is 2. The van der Waals surface area contributed by atoms with Crippen LogP contribution < -0.4 is 15.0 Å². The van der Waals surface area contributed by atoms with Gasteiger partial charge in [0.1, 0.15) is 17.2 Å².